The Morgan fingerprint density at radius 2 is 1.97 bits per heavy atom. The van der Waals surface area contributed by atoms with Crippen molar-refractivity contribution < 1.29 is 19.1 Å². The highest BCUT2D eigenvalue weighted by Gasteiger charge is 2.43. The van der Waals surface area contributed by atoms with Crippen molar-refractivity contribution in [2.75, 3.05) is 26.8 Å². The molecule has 0 aromatic heterocycles. The predicted octanol–water partition coefficient (Wildman–Crippen LogP) is 5.05. The molecule has 0 fully saturated rings. The summed E-state index contributed by atoms with van der Waals surface area (Å²) in [5, 5.41) is 6.91. The van der Waals surface area contributed by atoms with Crippen LogP contribution in [0.4, 0.5) is 0 Å². The number of benzene rings is 1. The first-order chi connectivity index (χ1) is 15.3. The molecule has 174 valence electrons. The number of methoxy groups -OCH3 is 1. The van der Waals surface area contributed by atoms with Crippen LogP contribution in [0.5, 0.6) is 5.75 Å². The minimum atomic E-state index is -0.690. The van der Waals surface area contributed by atoms with Crippen molar-refractivity contribution in [3.05, 3.63) is 47.4 Å². The number of nitrogens with zero attached hydrogens (tertiary/aromatic N) is 1. The second kappa shape index (κ2) is 11.5. The second-order valence-electron chi connectivity index (χ2n) is 7.36. The lowest BCUT2D eigenvalue weighted by molar-refractivity contribution is -0.114. The molecule has 1 atom stereocenters. The maximum absolute atomic E-state index is 12.5. The summed E-state index contributed by atoms with van der Waals surface area (Å²) < 4.78 is 14.6. The van der Waals surface area contributed by atoms with E-state index in [9.17, 15) is 4.79 Å². The molecule has 1 aromatic rings. The van der Waals surface area contributed by atoms with E-state index in [4.69, 9.17) is 20.0 Å². The van der Waals surface area contributed by atoms with Gasteiger partial charge in [-0.2, -0.15) is 0 Å². The van der Waals surface area contributed by atoms with Crippen LogP contribution in [0.3, 0.4) is 0 Å². The predicted molar refractivity (Wildman–Crippen MR) is 138 cm³/mol. The van der Waals surface area contributed by atoms with E-state index in [0.717, 1.165) is 35.6 Å². The number of nitrogens with one attached hydrogen (secondary N) is 1. The smallest absolute Gasteiger partial charge is 0.269 e. The summed E-state index contributed by atoms with van der Waals surface area (Å²) in [6.07, 6.45) is 4.25. The lowest BCUT2D eigenvalue weighted by Crippen LogP contribution is -2.35. The number of ether oxygens (including phenoxy) is 2. The zero-order valence-electron chi connectivity index (χ0n) is 17.4. The summed E-state index contributed by atoms with van der Waals surface area (Å²) in [6.45, 7) is 1.50. The monoisotopic (exact) mass is 697 g/mol. The Kier molecular flexibility index (Phi) is 9.25. The van der Waals surface area contributed by atoms with Gasteiger partial charge in [0, 0.05) is 23.9 Å². The van der Waals surface area contributed by atoms with Gasteiger partial charge in [-0.25, -0.2) is 0 Å². The minimum absolute atomic E-state index is 0.238. The van der Waals surface area contributed by atoms with E-state index >= 15 is 0 Å². The third-order valence-corrected chi connectivity index (χ3v) is 7.33. The Morgan fingerprint density at radius 1 is 1.25 bits per heavy atom. The van der Waals surface area contributed by atoms with Crippen molar-refractivity contribution in [2.45, 2.75) is 31.3 Å². The molecule has 1 aliphatic carbocycles. The SMILES string of the molecule is COC1=C(Br)C[C@]2(C=C1Br)CC(C(=O)NCCCOc1c(Br)cc(CCN)cc1Br)=NO2. The van der Waals surface area contributed by atoms with Crippen LogP contribution >= 0.6 is 63.7 Å². The van der Waals surface area contributed by atoms with Gasteiger partial charge in [-0.3, -0.25) is 4.79 Å². The molecule has 7 nitrogen and oxygen atoms in total. The zero-order valence-corrected chi connectivity index (χ0v) is 23.7. The van der Waals surface area contributed by atoms with E-state index in [1.165, 1.54) is 0 Å². The minimum Gasteiger partial charge on any atom is -0.495 e. The number of carbonyl (C=O) groups is 1. The third kappa shape index (κ3) is 6.16. The van der Waals surface area contributed by atoms with Crippen LogP contribution in [-0.4, -0.2) is 44.0 Å². The van der Waals surface area contributed by atoms with E-state index in [-0.39, 0.29) is 5.91 Å². The fourth-order valence-electron chi connectivity index (χ4n) is 3.43. The van der Waals surface area contributed by atoms with E-state index in [0.29, 0.717) is 50.4 Å². The Morgan fingerprint density at radius 3 is 2.59 bits per heavy atom. The summed E-state index contributed by atoms with van der Waals surface area (Å²) in [5.41, 5.74) is 6.42. The van der Waals surface area contributed by atoms with Gasteiger partial charge in [0.15, 0.2) is 5.60 Å². The molecule has 3 rings (SSSR count). The van der Waals surface area contributed by atoms with Gasteiger partial charge in [0.25, 0.3) is 5.91 Å². The maximum atomic E-state index is 12.5. The summed E-state index contributed by atoms with van der Waals surface area (Å²) in [4.78, 5) is 18.2. The molecule has 0 unspecified atom stereocenters. The van der Waals surface area contributed by atoms with Gasteiger partial charge in [-0.1, -0.05) is 21.1 Å². The number of carbonyl (C=O) groups excluding carboxylic acids is 1. The van der Waals surface area contributed by atoms with Gasteiger partial charge in [0.1, 0.15) is 17.2 Å². The first kappa shape index (κ1) is 25.7. The molecule has 3 N–H and O–H groups in total. The van der Waals surface area contributed by atoms with E-state index < -0.39 is 5.60 Å². The average Bonchev–Trinajstić information content (AvgIpc) is 3.12. The number of rotatable bonds is 9. The first-order valence-electron chi connectivity index (χ1n) is 9.94. The fourth-order valence-corrected chi connectivity index (χ4v) is 6.87. The highest BCUT2D eigenvalue weighted by atomic mass is 79.9. The van der Waals surface area contributed by atoms with Crippen LogP contribution in [0, 0.1) is 0 Å². The number of allylic oxidation sites excluding steroid dienone is 1. The molecule has 1 aliphatic heterocycles. The maximum Gasteiger partial charge on any atom is 0.269 e. The Labute approximate surface area is 220 Å². The number of halogens is 4. The lowest BCUT2D eigenvalue weighted by Gasteiger charge is -2.28. The second-order valence-corrected chi connectivity index (χ2v) is 10.9. The molecule has 0 radical (unpaired) electrons. The van der Waals surface area contributed by atoms with Gasteiger partial charge in [0.2, 0.25) is 0 Å². The van der Waals surface area contributed by atoms with Crippen LogP contribution in [0.2, 0.25) is 0 Å². The Balaban J connectivity index is 1.44. The summed E-state index contributed by atoms with van der Waals surface area (Å²) in [5.74, 6) is 1.21. The fraction of sp³-hybridized carbons (Fsp3) is 0.429. The van der Waals surface area contributed by atoms with Crippen molar-refractivity contribution in [3.63, 3.8) is 0 Å². The van der Waals surface area contributed by atoms with Crippen molar-refractivity contribution >= 4 is 75.3 Å². The molecule has 0 saturated carbocycles. The molecule has 1 heterocycles. The van der Waals surface area contributed by atoms with E-state index in [2.05, 4.69) is 74.2 Å². The lowest BCUT2D eigenvalue weighted by atomic mass is 9.89. The first-order valence-corrected chi connectivity index (χ1v) is 13.1. The van der Waals surface area contributed by atoms with Crippen LogP contribution < -0.4 is 15.8 Å². The van der Waals surface area contributed by atoms with E-state index in [1.54, 1.807) is 7.11 Å². The topological polar surface area (TPSA) is 95.2 Å². The van der Waals surface area contributed by atoms with Crippen molar-refractivity contribution in [1.82, 2.24) is 5.32 Å². The number of nitrogens with two attached hydrogens (primary N) is 1. The third-order valence-electron chi connectivity index (χ3n) is 4.92. The average molecular weight is 701 g/mol. The Hall–Kier alpha value is -0.880. The summed E-state index contributed by atoms with van der Waals surface area (Å²) >= 11 is 14.1. The molecule has 32 heavy (non-hydrogen) atoms. The van der Waals surface area contributed by atoms with Gasteiger partial charge < -0.3 is 25.4 Å². The van der Waals surface area contributed by atoms with Crippen molar-refractivity contribution in [2.24, 2.45) is 10.9 Å². The van der Waals surface area contributed by atoms with Gasteiger partial charge >= 0.3 is 0 Å². The van der Waals surface area contributed by atoms with Crippen molar-refractivity contribution in [1.29, 1.82) is 0 Å². The highest BCUT2D eigenvalue weighted by Crippen LogP contribution is 2.43. The molecule has 2 aliphatic rings. The summed E-state index contributed by atoms with van der Waals surface area (Å²) in [7, 11) is 1.60. The van der Waals surface area contributed by atoms with Crippen LogP contribution in [0.15, 0.2) is 47.0 Å². The summed E-state index contributed by atoms with van der Waals surface area (Å²) in [6, 6.07) is 4.01. The molecular formula is C21H23Br4N3O4. The molecule has 11 heteroatoms. The van der Waals surface area contributed by atoms with Crippen molar-refractivity contribution in [3.8, 4) is 5.75 Å². The van der Waals surface area contributed by atoms with Crippen LogP contribution in [-0.2, 0) is 20.8 Å². The van der Waals surface area contributed by atoms with E-state index in [1.807, 2.05) is 18.2 Å². The Bertz CT molecular complexity index is 957. The van der Waals surface area contributed by atoms with Crippen LogP contribution in [0.25, 0.3) is 0 Å². The van der Waals surface area contributed by atoms with Gasteiger partial charge in [0.05, 0.1) is 27.1 Å². The number of amides is 1. The molecule has 1 aromatic carbocycles. The van der Waals surface area contributed by atoms with Gasteiger partial charge in [-0.05, 0) is 90.9 Å². The molecular weight excluding hydrogens is 678 g/mol. The normalized spacial score (nSPS) is 20.1. The van der Waals surface area contributed by atoms with Crippen LogP contribution in [0.1, 0.15) is 24.8 Å². The molecule has 1 amide bonds. The molecule has 0 bridgehead atoms. The molecule has 1 spiro atoms. The number of hydrogen-bond acceptors (Lipinski definition) is 6. The van der Waals surface area contributed by atoms with Gasteiger partial charge in [-0.15, -0.1) is 0 Å². The highest BCUT2D eigenvalue weighted by molar-refractivity contribution is 9.12. The zero-order chi connectivity index (χ0) is 23.3. The number of oxime groups is 1. The standard InChI is InChI=1S/C21H23Br4N3O4/c1-30-18-15(24)9-21(10-16(18)25)11-17(28-32-21)20(29)27-5-2-6-31-19-13(22)7-12(3-4-26)8-14(19)23/h7-9H,2-6,10-11,26H2,1H3,(H,27,29)/t21-/m1/s1. The molecule has 0 saturated heterocycles. The largest absolute Gasteiger partial charge is 0.495 e. The quantitative estimate of drug-likeness (QED) is 0.352. The number of hydrogen-bond donors (Lipinski definition) is 2.